The van der Waals surface area contributed by atoms with Crippen molar-refractivity contribution in [1.82, 2.24) is 4.90 Å². The minimum absolute atomic E-state index is 0. The van der Waals surface area contributed by atoms with Gasteiger partial charge in [0, 0.05) is 32.4 Å². The molecule has 0 atom stereocenters. The number of carbonyl (C=O) groups is 1. The lowest BCUT2D eigenvalue weighted by Crippen LogP contribution is -2.46. The largest absolute Gasteiger partial charge is 0.480 e. The predicted octanol–water partition coefficient (Wildman–Crippen LogP) is 1.44. The molecule has 3 N–H and O–H groups in total. The van der Waals surface area contributed by atoms with Gasteiger partial charge in [0.05, 0.1) is 18.5 Å². The summed E-state index contributed by atoms with van der Waals surface area (Å²) in [5, 5.41) is 16.6. The first-order chi connectivity index (χ1) is 11.1. The number of hydrogen-bond acceptors (Lipinski definition) is 6. The normalized spacial score (nSPS) is 19.8. The zero-order valence-electron chi connectivity index (χ0n) is 13.2. The fourth-order valence-electron chi connectivity index (χ4n) is 3.10. The number of carboxylic acid groups (broad SMARTS) is 1. The highest BCUT2D eigenvalue weighted by atomic mass is 35.5. The Labute approximate surface area is 146 Å². The van der Waals surface area contributed by atoms with Crippen molar-refractivity contribution in [2.45, 2.75) is 24.9 Å². The quantitative estimate of drug-likeness (QED) is 0.485. The van der Waals surface area contributed by atoms with Crippen molar-refractivity contribution >= 4 is 30.3 Å². The topological polar surface area (TPSA) is 101 Å². The average molecular weight is 353 g/mol. The monoisotopic (exact) mass is 352 g/mol. The molecule has 2 aliphatic heterocycles. The minimum Gasteiger partial charge on any atom is -0.480 e. The van der Waals surface area contributed by atoms with Crippen LogP contribution in [0.1, 0.15) is 30.4 Å². The van der Waals surface area contributed by atoms with Crippen molar-refractivity contribution in [3.63, 3.8) is 0 Å². The van der Waals surface area contributed by atoms with Crippen LogP contribution in [-0.2, 0) is 9.63 Å². The number of benzene rings is 1. The van der Waals surface area contributed by atoms with Crippen molar-refractivity contribution < 1.29 is 14.7 Å². The summed E-state index contributed by atoms with van der Waals surface area (Å²) in [7, 11) is 0. The highest BCUT2D eigenvalue weighted by Crippen LogP contribution is 2.36. The van der Waals surface area contributed by atoms with Gasteiger partial charge in [0.1, 0.15) is 5.60 Å². The van der Waals surface area contributed by atoms with E-state index in [1.165, 1.54) is 0 Å². The van der Waals surface area contributed by atoms with E-state index in [9.17, 15) is 4.79 Å². The van der Waals surface area contributed by atoms with E-state index in [0.717, 1.165) is 49.2 Å². The van der Waals surface area contributed by atoms with E-state index >= 15 is 0 Å². The number of rotatable bonds is 4. The Morgan fingerprint density at radius 3 is 2.62 bits per heavy atom. The summed E-state index contributed by atoms with van der Waals surface area (Å²) < 4.78 is 0. The average Bonchev–Trinajstić information content (AvgIpc) is 2.95. The molecule has 1 aromatic rings. The smallest absolute Gasteiger partial charge is 0.317 e. The van der Waals surface area contributed by atoms with Crippen LogP contribution in [0.5, 0.6) is 0 Å². The first-order valence-electron chi connectivity index (χ1n) is 7.63. The second-order valence-corrected chi connectivity index (χ2v) is 6.06. The van der Waals surface area contributed by atoms with Gasteiger partial charge in [-0.15, -0.1) is 12.4 Å². The van der Waals surface area contributed by atoms with E-state index in [1.807, 2.05) is 29.2 Å². The molecular formula is C16H21ClN4O3. The Morgan fingerprint density at radius 2 is 2.04 bits per heavy atom. The molecule has 3 rings (SSSR count). The molecule has 0 aliphatic carbocycles. The number of nitrogens with zero attached hydrogens (tertiary/aromatic N) is 3. The van der Waals surface area contributed by atoms with Gasteiger partial charge in [-0.25, -0.2) is 0 Å². The number of halogens is 1. The number of carboxylic acids is 1. The van der Waals surface area contributed by atoms with E-state index in [2.05, 4.69) is 10.3 Å². The van der Waals surface area contributed by atoms with E-state index in [0.29, 0.717) is 0 Å². The maximum absolute atomic E-state index is 10.8. The minimum atomic E-state index is -0.786. The van der Waals surface area contributed by atoms with E-state index in [4.69, 9.17) is 15.8 Å². The fraction of sp³-hybridized carbons (Fsp3) is 0.438. The summed E-state index contributed by atoms with van der Waals surface area (Å²) in [6, 6.07) is 7.85. The van der Waals surface area contributed by atoms with Crippen LogP contribution in [0.15, 0.2) is 34.5 Å². The van der Waals surface area contributed by atoms with Crippen molar-refractivity contribution in [2.75, 3.05) is 19.6 Å². The number of hydrogen-bond donors (Lipinski definition) is 2. The maximum Gasteiger partial charge on any atom is 0.317 e. The van der Waals surface area contributed by atoms with Gasteiger partial charge in [0.25, 0.3) is 0 Å². The molecular weight excluding hydrogens is 332 g/mol. The number of nitrogens with two attached hydrogens (primary N) is 1. The lowest BCUT2D eigenvalue weighted by atomic mass is 9.85. The first kappa shape index (κ1) is 18.2. The first-order valence-corrected chi connectivity index (χ1v) is 7.63. The molecule has 0 bridgehead atoms. The van der Waals surface area contributed by atoms with Gasteiger partial charge < -0.3 is 15.8 Å². The number of hydrazone groups is 1. The number of aliphatic carboxylic acids is 1. The van der Waals surface area contributed by atoms with Crippen molar-refractivity contribution in [1.29, 1.82) is 0 Å². The predicted molar refractivity (Wildman–Crippen MR) is 93.8 cm³/mol. The van der Waals surface area contributed by atoms with Crippen LogP contribution in [0.3, 0.4) is 0 Å². The molecule has 1 fully saturated rings. The summed E-state index contributed by atoms with van der Waals surface area (Å²) >= 11 is 0. The Hall–Kier alpha value is -2.12. The van der Waals surface area contributed by atoms with Crippen LogP contribution in [0.25, 0.3) is 0 Å². The van der Waals surface area contributed by atoms with Crippen molar-refractivity contribution in [3.05, 3.63) is 35.4 Å². The lowest BCUT2D eigenvalue weighted by Gasteiger charge is -2.36. The second-order valence-electron chi connectivity index (χ2n) is 6.06. The zero-order chi connectivity index (χ0) is 16.3. The molecule has 0 amide bonds. The lowest BCUT2D eigenvalue weighted by molar-refractivity contribution is -0.140. The molecule has 0 saturated carbocycles. The Balaban J connectivity index is 0.00000208. The molecule has 2 aliphatic rings. The molecule has 8 heteroatoms. The second kappa shape index (κ2) is 7.63. The van der Waals surface area contributed by atoms with Crippen LogP contribution in [0, 0.1) is 0 Å². The summed E-state index contributed by atoms with van der Waals surface area (Å²) in [4.78, 5) is 18.5. The van der Waals surface area contributed by atoms with Gasteiger partial charge in [0.2, 0.25) is 0 Å². The van der Waals surface area contributed by atoms with E-state index < -0.39 is 5.97 Å². The van der Waals surface area contributed by atoms with Gasteiger partial charge in [0.15, 0.2) is 0 Å². The van der Waals surface area contributed by atoms with Gasteiger partial charge in [-0.1, -0.05) is 29.4 Å². The summed E-state index contributed by atoms with van der Waals surface area (Å²) in [5.41, 5.74) is 2.63. The van der Waals surface area contributed by atoms with Crippen LogP contribution in [-0.4, -0.2) is 53.1 Å². The number of likely N-dealkylation sites (tertiary alicyclic amines) is 1. The Kier molecular flexibility index (Phi) is 5.80. The van der Waals surface area contributed by atoms with Crippen molar-refractivity contribution in [2.24, 2.45) is 16.1 Å². The summed E-state index contributed by atoms with van der Waals surface area (Å²) in [6.07, 6.45) is 3.95. The molecule has 24 heavy (non-hydrogen) atoms. The molecule has 130 valence electrons. The summed E-state index contributed by atoms with van der Waals surface area (Å²) in [5.74, 6) is 4.35. The summed E-state index contributed by atoms with van der Waals surface area (Å²) in [6.45, 7) is 1.54. The van der Waals surface area contributed by atoms with Crippen LogP contribution >= 0.6 is 12.4 Å². The van der Waals surface area contributed by atoms with E-state index in [1.54, 1.807) is 6.21 Å². The number of oxime groups is 1. The van der Waals surface area contributed by atoms with Crippen LogP contribution < -0.4 is 5.84 Å². The van der Waals surface area contributed by atoms with Crippen LogP contribution in [0.4, 0.5) is 0 Å². The van der Waals surface area contributed by atoms with E-state index in [-0.39, 0.29) is 24.6 Å². The van der Waals surface area contributed by atoms with Crippen molar-refractivity contribution in [3.8, 4) is 0 Å². The highest BCUT2D eigenvalue weighted by molar-refractivity contribution is 6.02. The third-order valence-electron chi connectivity index (χ3n) is 4.43. The fourth-order valence-corrected chi connectivity index (χ4v) is 3.10. The van der Waals surface area contributed by atoms with Gasteiger partial charge in [-0.3, -0.25) is 9.69 Å². The third-order valence-corrected chi connectivity index (χ3v) is 4.43. The third kappa shape index (κ3) is 4.04. The molecule has 1 spiro atoms. The standard InChI is InChI=1S/C16H20N4O3.ClH/c17-18-10-12-1-3-13(4-2-12)14-9-16(23-19-14)5-7-20(8-6-16)11-15(21)22;/h1-4,10H,5-9,11,17H2,(H,21,22);1H. The molecule has 2 heterocycles. The molecule has 0 unspecified atom stereocenters. The highest BCUT2D eigenvalue weighted by Gasteiger charge is 2.42. The van der Waals surface area contributed by atoms with Gasteiger partial charge in [-0.2, -0.15) is 5.10 Å². The van der Waals surface area contributed by atoms with Crippen LogP contribution in [0.2, 0.25) is 0 Å². The Morgan fingerprint density at radius 1 is 1.38 bits per heavy atom. The Bertz CT molecular complexity index is 637. The van der Waals surface area contributed by atoms with Gasteiger partial charge >= 0.3 is 5.97 Å². The zero-order valence-corrected chi connectivity index (χ0v) is 14.0. The molecule has 0 aromatic heterocycles. The number of piperidine rings is 1. The van der Waals surface area contributed by atoms with Gasteiger partial charge in [-0.05, 0) is 11.1 Å². The molecule has 7 nitrogen and oxygen atoms in total. The molecule has 0 radical (unpaired) electrons. The SMILES string of the molecule is Cl.NN=Cc1ccc(C2=NOC3(CCN(CC(=O)O)CC3)C2)cc1. The molecule has 1 aromatic carbocycles. The maximum atomic E-state index is 10.8. The molecule has 1 saturated heterocycles.